The van der Waals surface area contributed by atoms with Gasteiger partial charge in [0.2, 0.25) is 0 Å². The van der Waals surface area contributed by atoms with E-state index in [0.29, 0.717) is 15.6 Å². The molecule has 21 heavy (non-hydrogen) atoms. The lowest BCUT2D eigenvalue weighted by atomic mass is 10.2. The summed E-state index contributed by atoms with van der Waals surface area (Å²) < 4.78 is 0. The maximum Gasteiger partial charge on any atom is 0.355 e. The first-order chi connectivity index (χ1) is 9.88. The molecule has 0 bridgehead atoms. The fourth-order valence-electron chi connectivity index (χ4n) is 1.59. The molecule has 0 aliphatic carbocycles. The van der Waals surface area contributed by atoms with Gasteiger partial charge in [-0.05, 0) is 25.1 Å². The predicted molar refractivity (Wildman–Crippen MR) is 81.4 cm³/mol. The number of carboxylic acid groups (broad SMARTS) is 1. The van der Waals surface area contributed by atoms with Gasteiger partial charge in [0.15, 0.2) is 5.69 Å². The van der Waals surface area contributed by atoms with E-state index in [1.54, 1.807) is 13.0 Å². The van der Waals surface area contributed by atoms with Crippen LogP contribution in [0.25, 0.3) is 0 Å². The molecule has 1 unspecified atom stereocenters. The van der Waals surface area contributed by atoms with E-state index in [4.69, 9.17) is 28.3 Å². The number of rotatable bonds is 4. The summed E-state index contributed by atoms with van der Waals surface area (Å²) in [6.45, 7) is 1.71. The number of nitrogens with one attached hydrogen (secondary N) is 1. The van der Waals surface area contributed by atoms with E-state index in [1.807, 2.05) is 0 Å². The number of benzene rings is 1. The van der Waals surface area contributed by atoms with Crippen LogP contribution < -0.4 is 5.32 Å². The van der Waals surface area contributed by atoms with Gasteiger partial charge in [-0.25, -0.2) is 9.78 Å². The van der Waals surface area contributed by atoms with Gasteiger partial charge in [0.1, 0.15) is 5.01 Å². The van der Waals surface area contributed by atoms with Crippen molar-refractivity contribution >= 4 is 46.4 Å². The van der Waals surface area contributed by atoms with Crippen LogP contribution in [0.4, 0.5) is 0 Å². The minimum absolute atomic E-state index is 0.0411. The Balaban J connectivity index is 2.12. The second-order valence-electron chi connectivity index (χ2n) is 4.20. The van der Waals surface area contributed by atoms with Gasteiger partial charge in [0.05, 0.1) is 16.6 Å². The van der Waals surface area contributed by atoms with Gasteiger partial charge >= 0.3 is 5.97 Å². The van der Waals surface area contributed by atoms with Crippen molar-refractivity contribution in [3.8, 4) is 0 Å². The second kappa shape index (κ2) is 6.43. The normalized spacial score (nSPS) is 12.0. The van der Waals surface area contributed by atoms with E-state index in [1.165, 1.54) is 28.8 Å². The van der Waals surface area contributed by atoms with Crippen LogP contribution >= 0.6 is 34.5 Å². The lowest BCUT2D eigenvalue weighted by Gasteiger charge is -2.12. The monoisotopic (exact) mass is 344 g/mol. The first-order valence-corrected chi connectivity index (χ1v) is 7.46. The van der Waals surface area contributed by atoms with Crippen LogP contribution in [0.5, 0.6) is 0 Å². The van der Waals surface area contributed by atoms with Crippen LogP contribution in [0.3, 0.4) is 0 Å². The SMILES string of the molecule is CC(NC(=O)c1ccc(Cl)cc1Cl)c1nc(C(=O)O)cs1. The smallest absolute Gasteiger partial charge is 0.355 e. The highest BCUT2D eigenvalue weighted by molar-refractivity contribution is 7.09. The molecule has 0 aliphatic rings. The minimum Gasteiger partial charge on any atom is -0.476 e. The van der Waals surface area contributed by atoms with Crippen LogP contribution in [-0.4, -0.2) is 22.0 Å². The van der Waals surface area contributed by atoms with Crippen LogP contribution in [0.2, 0.25) is 10.0 Å². The Kier molecular flexibility index (Phi) is 4.82. The highest BCUT2D eigenvalue weighted by Gasteiger charge is 2.18. The number of aromatic carboxylic acids is 1. The van der Waals surface area contributed by atoms with E-state index >= 15 is 0 Å². The van der Waals surface area contributed by atoms with Gasteiger partial charge in [0, 0.05) is 10.4 Å². The Labute approximate surface area is 134 Å². The summed E-state index contributed by atoms with van der Waals surface area (Å²) in [4.78, 5) is 26.9. The number of nitrogens with zero attached hydrogens (tertiary/aromatic N) is 1. The molecule has 2 rings (SSSR count). The zero-order valence-corrected chi connectivity index (χ0v) is 13.1. The van der Waals surface area contributed by atoms with Crippen LogP contribution in [0.1, 0.15) is 38.8 Å². The molecule has 2 N–H and O–H groups in total. The zero-order chi connectivity index (χ0) is 15.6. The lowest BCUT2D eigenvalue weighted by Crippen LogP contribution is -2.26. The molecule has 1 heterocycles. The summed E-state index contributed by atoms with van der Waals surface area (Å²) in [7, 11) is 0. The van der Waals surface area contributed by atoms with Crippen LogP contribution in [0.15, 0.2) is 23.6 Å². The number of amides is 1. The number of halogens is 2. The molecule has 0 spiro atoms. The molecule has 1 atom stereocenters. The molecule has 2 aromatic rings. The van der Waals surface area contributed by atoms with E-state index in [0.717, 1.165) is 0 Å². The molecular formula is C13H10Cl2N2O3S. The molecule has 1 aromatic carbocycles. The number of aromatic nitrogens is 1. The molecule has 8 heteroatoms. The molecule has 0 saturated carbocycles. The average molecular weight is 345 g/mol. The summed E-state index contributed by atoms with van der Waals surface area (Å²) in [6.07, 6.45) is 0. The first-order valence-electron chi connectivity index (χ1n) is 5.83. The van der Waals surface area contributed by atoms with Crippen molar-refractivity contribution in [3.05, 3.63) is 49.9 Å². The molecular weight excluding hydrogens is 335 g/mol. The Hall–Kier alpha value is -1.63. The molecule has 1 aromatic heterocycles. The molecule has 110 valence electrons. The largest absolute Gasteiger partial charge is 0.476 e. The summed E-state index contributed by atoms with van der Waals surface area (Å²) in [5.41, 5.74) is 0.253. The van der Waals surface area contributed by atoms with Gasteiger partial charge in [0.25, 0.3) is 5.91 Å². The van der Waals surface area contributed by atoms with Crippen molar-refractivity contribution < 1.29 is 14.7 Å². The van der Waals surface area contributed by atoms with Crippen LogP contribution in [0, 0.1) is 0 Å². The van der Waals surface area contributed by atoms with Crippen molar-refractivity contribution in [2.75, 3.05) is 0 Å². The highest BCUT2D eigenvalue weighted by atomic mass is 35.5. The van der Waals surface area contributed by atoms with E-state index in [2.05, 4.69) is 10.3 Å². The van der Waals surface area contributed by atoms with Gasteiger partial charge in [-0.15, -0.1) is 11.3 Å². The van der Waals surface area contributed by atoms with Crippen molar-refractivity contribution in [2.45, 2.75) is 13.0 Å². The summed E-state index contributed by atoms with van der Waals surface area (Å²) >= 11 is 12.9. The van der Waals surface area contributed by atoms with Crippen molar-refractivity contribution in [2.24, 2.45) is 0 Å². The quantitative estimate of drug-likeness (QED) is 0.887. The molecule has 0 radical (unpaired) electrons. The molecule has 0 aliphatic heterocycles. The van der Waals surface area contributed by atoms with E-state index < -0.39 is 12.0 Å². The Morgan fingerprint density at radius 2 is 2.10 bits per heavy atom. The number of carbonyl (C=O) groups is 2. The maximum absolute atomic E-state index is 12.1. The summed E-state index contributed by atoms with van der Waals surface area (Å²) in [5, 5.41) is 14.2. The van der Waals surface area contributed by atoms with Gasteiger partial charge < -0.3 is 10.4 Å². The van der Waals surface area contributed by atoms with Crippen molar-refractivity contribution in [1.29, 1.82) is 0 Å². The lowest BCUT2D eigenvalue weighted by molar-refractivity contribution is 0.0691. The third-order valence-corrected chi connectivity index (χ3v) is 4.21. The molecule has 5 nitrogen and oxygen atoms in total. The molecule has 0 saturated heterocycles. The Bertz CT molecular complexity index is 702. The zero-order valence-electron chi connectivity index (χ0n) is 10.8. The van der Waals surface area contributed by atoms with E-state index in [-0.39, 0.29) is 16.6 Å². The van der Waals surface area contributed by atoms with Crippen molar-refractivity contribution in [3.63, 3.8) is 0 Å². The van der Waals surface area contributed by atoms with Crippen LogP contribution in [-0.2, 0) is 0 Å². The second-order valence-corrected chi connectivity index (χ2v) is 5.93. The highest BCUT2D eigenvalue weighted by Crippen LogP contribution is 2.23. The van der Waals surface area contributed by atoms with Gasteiger partial charge in [-0.3, -0.25) is 4.79 Å². The number of hydrogen-bond donors (Lipinski definition) is 2. The Morgan fingerprint density at radius 3 is 2.67 bits per heavy atom. The summed E-state index contributed by atoms with van der Waals surface area (Å²) in [6, 6.07) is 4.15. The number of hydrogen-bond acceptors (Lipinski definition) is 4. The van der Waals surface area contributed by atoms with Gasteiger partial charge in [-0.2, -0.15) is 0 Å². The maximum atomic E-state index is 12.1. The first kappa shape index (κ1) is 15.8. The fraction of sp³-hybridized carbons (Fsp3) is 0.154. The van der Waals surface area contributed by atoms with Crippen molar-refractivity contribution in [1.82, 2.24) is 10.3 Å². The fourth-order valence-corrected chi connectivity index (χ4v) is 2.89. The topological polar surface area (TPSA) is 79.3 Å². The minimum atomic E-state index is -1.10. The number of carboxylic acids is 1. The van der Waals surface area contributed by atoms with Gasteiger partial charge in [-0.1, -0.05) is 23.2 Å². The molecule has 1 amide bonds. The number of thiazole rings is 1. The predicted octanol–water partition coefficient (Wildman–Crippen LogP) is 3.64. The molecule has 0 fully saturated rings. The van der Waals surface area contributed by atoms with E-state index in [9.17, 15) is 9.59 Å². The number of carbonyl (C=O) groups excluding carboxylic acids is 1. The Morgan fingerprint density at radius 1 is 1.38 bits per heavy atom. The third kappa shape index (κ3) is 3.72. The average Bonchev–Trinajstić information content (AvgIpc) is 2.88. The summed E-state index contributed by atoms with van der Waals surface area (Å²) in [5.74, 6) is -1.48. The third-order valence-electron chi connectivity index (χ3n) is 2.63. The standard InChI is InChI=1S/C13H10Cl2N2O3S/c1-6(12-17-10(5-21-12)13(19)20)16-11(18)8-3-2-7(14)4-9(8)15/h2-6H,1H3,(H,16,18)(H,19,20).